The summed E-state index contributed by atoms with van der Waals surface area (Å²) in [5, 5.41) is 0. The topological polar surface area (TPSA) is 43.4 Å². The van der Waals surface area contributed by atoms with Gasteiger partial charge in [-0.15, -0.1) is 0 Å². The standard InChI is InChI=1S/C10H13O3S/c1-3-10(13-14(11)12)9-6-4-8(2)5-7-9/h4-7,10,14H,1,3H2,2H3. The molecule has 0 amide bonds. The molecule has 0 aliphatic carbocycles. The van der Waals surface area contributed by atoms with E-state index in [1.54, 1.807) is 0 Å². The molecule has 0 saturated carbocycles. The van der Waals surface area contributed by atoms with Gasteiger partial charge < -0.3 is 0 Å². The zero-order valence-electron chi connectivity index (χ0n) is 7.97. The highest BCUT2D eigenvalue weighted by atomic mass is 32.2. The normalized spacial score (nSPS) is 13.1. The third-order valence-corrected chi connectivity index (χ3v) is 2.35. The molecule has 0 heterocycles. The summed E-state index contributed by atoms with van der Waals surface area (Å²) in [6.45, 7) is 5.62. The molecule has 1 aromatic carbocycles. The Labute approximate surface area is 85.9 Å². The molecule has 1 unspecified atom stereocenters. The van der Waals surface area contributed by atoms with Gasteiger partial charge >= 0.3 is 0 Å². The first-order valence-electron chi connectivity index (χ1n) is 4.30. The smallest absolute Gasteiger partial charge is 0.257 e. The summed E-state index contributed by atoms with van der Waals surface area (Å²) < 4.78 is 25.5. The Kier molecular flexibility index (Phi) is 4.10. The molecular formula is C10H13O3S. The van der Waals surface area contributed by atoms with Crippen molar-refractivity contribution >= 4 is 11.0 Å². The largest absolute Gasteiger partial charge is 0.264 e. The molecule has 77 valence electrons. The van der Waals surface area contributed by atoms with E-state index in [0.29, 0.717) is 6.42 Å². The van der Waals surface area contributed by atoms with E-state index >= 15 is 0 Å². The number of benzene rings is 1. The lowest BCUT2D eigenvalue weighted by Crippen LogP contribution is -2.01. The highest BCUT2D eigenvalue weighted by Gasteiger charge is 2.10. The van der Waals surface area contributed by atoms with Crippen molar-refractivity contribution in [2.24, 2.45) is 0 Å². The Balaban J connectivity index is 2.83. The Morgan fingerprint density at radius 3 is 2.36 bits per heavy atom. The van der Waals surface area contributed by atoms with Gasteiger partial charge in [0.15, 0.2) is 0 Å². The highest BCUT2D eigenvalue weighted by molar-refractivity contribution is 7.67. The van der Waals surface area contributed by atoms with Crippen LogP contribution in [-0.4, -0.2) is 8.42 Å². The fraction of sp³-hybridized carbons (Fsp3) is 0.300. The molecule has 0 bridgehead atoms. The van der Waals surface area contributed by atoms with Crippen LogP contribution in [0, 0.1) is 13.8 Å². The van der Waals surface area contributed by atoms with Crippen LogP contribution in [0.3, 0.4) is 0 Å². The first-order valence-corrected chi connectivity index (χ1v) is 5.40. The molecule has 0 N–H and O–H groups in total. The SMILES string of the molecule is [CH2]CC(O[SH](=O)=O)c1ccc(C)cc1. The molecule has 0 aromatic heterocycles. The minimum atomic E-state index is -2.82. The molecule has 1 atom stereocenters. The maximum absolute atomic E-state index is 10.4. The van der Waals surface area contributed by atoms with Crippen molar-refractivity contribution in [1.29, 1.82) is 0 Å². The van der Waals surface area contributed by atoms with Crippen LogP contribution >= 0.6 is 0 Å². The summed E-state index contributed by atoms with van der Waals surface area (Å²) in [5.74, 6) is 0. The molecule has 14 heavy (non-hydrogen) atoms. The van der Waals surface area contributed by atoms with E-state index in [2.05, 4.69) is 6.92 Å². The van der Waals surface area contributed by atoms with Crippen molar-refractivity contribution in [3.05, 3.63) is 42.3 Å². The average Bonchev–Trinajstić information content (AvgIpc) is 2.15. The van der Waals surface area contributed by atoms with Crippen molar-refractivity contribution in [2.45, 2.75) is 19.4 Å². The second kappa shape index (κ2) is 5.12. The Morgan fingerprint density at radius 1 is 1.36 bits per heavy atom. The monoisotopic (exact) mass is 213 g/mol. The molecule has 0 saturated heterocycles. The maximum Gasteiger partial charge on any atom is 0.257 e. The zero-order valence-corrected chi connectivity index (χ0v) is 8.87. The zero-order chi connectivity index (χ0) is 10.6. The van der Waals surface area contributed by atoms with Gasteiger partial charge in [0.2, 0.25) is 0 Å². The summed E-state index contributed by atoms with van der Waals surface area (Å²) >= 11 is 0. The summed E-state index contributed by atoms with van der Waals surface area (Å²) in [5.41, 5.74) is 1.97. The van der Waals surface area contributed by atoms with Gasteiger partial charge in [0.25, 0.3) is 11.0 Å². The van der Waals surface area contributed by atoms with Gasteiger partial charge in [-0.2, -0.15) is 0 Å². The van der Waals surface area contributed by atoms with E-state index in [1.165, 1.54) is 0 Å². The molecule has 4 heteroatoms. The van der Waals surface area contributed by atoms with E-state index in [0.717, 1.165) is 11.1 Å². The van der Waals surface area contributed by atoms with Gasteiger partial charge in [0, 0.05) is 0 Å². The number of hydrogen-bond acceptors (Lipinski definition) is 3. The molecule has 0 aliphatic heterocycles. The molecule has 1 radical (unpaired) electrons. The summed E-state index contributed by atoms with van der Waals surface area (Å²) in [6.07, 6.45) is -0.0662. The van der Waals surface area contributed by atoms with E-state index < -0.39 is 17.1 Å². The van der Waals surface area contributed by atoms with Crippen molar-refractivity contribution in [3.63, 3.8) is 0 Å². The lowest BCUT2D eigenvalue weighted by atomic mass is 10.1. The highest BCUT2D eigenvalue weighted by Crippen LogP contribution is 2.20. The van der Waals surface area contributed by atoms with Gasteiger partial charge in [-0.3, -0.25) is 4.18 Å². The van der Waals surface area contributed by atoms with Gasteiger partial charge in [-0.05, 0) is 18.9 Å². The van der Waals surface area contributed by atoms with Crippen LogP contribution < -0.4 is 0 Å². The molecule has 0 aliphatic rings. The van der Waals surface area contributed by atoms with Gasteiger partial charge in [-0.1, -0.05) is 36.8 Å². The second-order valence-electron chi connectivity index (χ2n) is 3.02. The molecular weight excluding hydrogens is 200 g/mol. The number of hydrogen-bond donors (Lipinski definition) is 1. The van der Waals surface area contributed by atoms with Crippen LogP contribution in [0.4, 0.5) is 0 Å². The minimum absolute atomic E-state index is 0.395. The quantitative estimate of drug-likeness (QED) is 0.776. The predicted molar refractivity (Wildman–Crippen MR) is 55.3 cm³/mol. The van der Waals surface area contributed by atoms with Crippen LogP contribution in [0.5, 0.6) is 0 Å². The van der Waals surface area contributed by atoms with E-state index in [1.807, 2.05) is 31.2 Å². The Morgan fingerprint density at radius 2 is 1.93 bits per heavy atom. The fourth-order valence-corrected chi connectivity index (χ4v) is 1.60. The second-order valence-corrected chi connectivity index (χ2v) is 3.68. The Bertz CT molecular complexity index is 346. The maximum atomic E-state index is 10.4. The van der Waals surface area contributed by atoms with Crippen LogP contribution in [-0.2, 0) is 15.2 Å². The van der Waals surface area contributed by atoms with Crippen molar-refractivity contribution in [3.8, 4) is 0 Å². The third-order valence-electron chi connectivity index (χ3n) is 1.92. The van der Waals surface area contributed by atoms with Crippen LogP contribution in [0.2, 0.25) is 0 Å². The van der Waals surface area contributed by atoms with Crippen LogP contribution in [0.1, 0.15) is 23.7 Å². The van der Waals surface area contributed by atoms with Crippen molar-refractivity contribution in [2.75, 3.05) is 0 Å². The first-order chi connectivity index (χ1) is 6.63. The summed E-state index contributed by atoms with van der Waals surface area (Å²) in [6, 6.07) is 7.53. The lowest BCUT2D eigenvalue weighted by molar-refractivity contribution is 0.226. The van der Waals surface area contributed by atoms with Crippen LogP contribution in [0.15, 0.2) is 24.3 Å². The summed E-state index contributed by atoms with van der Waals surface area (Å²) in [7, 11) is -2.82. The fourth-order valence-electron chi connectivity index (χ4n) is 1.17. The third kappa shape index (κ3) is 3.12. The predicted octanol–water partition coefficient (Wildman–Crippen LogP) is 1.80. The number of thiol groups is 1. The molecule has 3 nitrogen and oxygen atoms in total. The average molecular weight is 213 g/mol. The van der Waals surface area contributed by atoms with E-state index in [4.69, 9.17) is 4.18 Å². The minimum Gasteiger partial charge on any atom is -0.264 e. The van der Waals surface area contributed by atoms with Crippen molar-refractivity contribution < 1.29 is 12.6 Å². The molecule has 1 aromatic rings. The molecule has 0 spiro atoms. The first kappa shape index (κ1) is 11.2. The van der Waals surface area contributed by atoms with E-state index in [9.17, 15) is 8.42 Å². The van der Waals surface area contributed by atoms with E-state index in [-0.39, 0.29) is 0 Å². The van der Waals surface area contributed by atoms with Crippen molar-refractivity contribution in [1.82, 2.24) is 0 Å². The van der Waals surface area contributed by atoms with Crippen LogP contribution in [0.25, 0.3) is 0 Å². The lowest BCUT2D eigenvalue weighted by Gasteiger charge is -2.11. The number of aryl methyl sites for hydroxylation is 1. The Hall–Kier alpha value is -0.870. The van der Waals surface area contributed by atoms with Gasteiger partial charge in [0.05, 0.1) is 0 Å². The van der Waals surface area contributed by atoms with Gasteiger partial charge in [0.1, 0.15) is 6.10 Å². The summed E-state index contributed by atoms with van der Waals surface area (Å²) in [4.78, 5) is 0. The van der Waals surface area contributed by atoms with Gasteiger partial charge in [-0.25, -0.2) is 8.42 Å². The molecule has 1 rings (SSSR count). The molecule has 0 fully saturated rings. The number of rotatable bonds is 4.